The molecule has 0 saturated carbocycles. The first-order chi connectivity index (χ1) is 10.3. The molecule has 0 unspecified atom stereocenters. The molecule has 1 aromatic heterocycles. The highest BCUT2D eigenvalue weighted by Crippen LogP contribution is 2.23. The maximum absolute atomic E-state index is 12.7. The van der Waals surface area contributed by atoms with E-state index >= 15 is 0 Å². The first kappa shape index (κ1) is 13.6. The third-order valence-corrected chi connectivity index (χ3v) is 3.81. The molecule has 0 bridgehead atoms. The zero-order valence-corrected chi connectivity index (χ0v) is 12.2. The number of hydrogen-bond acceptors (Lipinski definition) is 3. The molecule has 108 valence electrons. The molecule has 3 rings (SSSR count). The minimum absolute atomic E-state index is 0.0675. The van der Waals surface area contributed by atoms with Crippen molar-refractivity contribution in [2.24, 2.45) is 0 Å². The standard InChI is InChI=1S/C17H19N3O/c1-2-20(12-15-5-3-4-9-18-15)17(21)14-6-7-16-13(11-14)8-10-19-16/h3-7,9,11,19H,2,8,10,12H2,1H3. The van der Waals surface area contributed by atoms with Gasteiger partial charge < -0.3 is 10.2 Å². The molecule has 2 heterocycles. The first-order valence-corrected chi connectivity index (χ1v) is 7.34. The summed E-state index contributed by atoms with van der Waals surface area (Å²) in [5, 5.41) is 3.31. The van der Waals surface area contributed by atoms with Gasteiger partial charge >= 0.3 is 0 Å². The van der Waals surface area contributed by atoms with E-state index in [1.165, 1.54) is 5.56 Å². The number of fused-ring (bicyclic) bond motifs is 1. The quantitative estimate of drug-likeness (QED) is 0.937. The van der Waals surface area contributed by atoms with Crippen LogP contribution < -0.4 is 5.32 Å². The number of carbonyl (C=O) groups excluding carboxylic acids is 1. The van der Waals surface area contributed by atoms with Crippen molar-refractivity contribution in [3.05, 3.63) is 59.4 Å². The largest absolute Gasteiger partial charge is 0.384 e. The molecule has 4 heteroatoms. The van der Waals surface area contributed by atoms with Crippen LogP contribution in [0.1, 0.15) is 28.5 Å². The lowest BCUT2D eigenvalue weighted by atomic mass is 10.1. The van der Waals surface area contributed by atoms with Crippen LogP contribution in [0.25, 0.3) is 0 Å². The fourth-order valence-electron chi connectivity index (χ4n) is 2.63. The predicted molar refractivity (Wildman–Crippen MR) is 83.3 cm³/mol. The van der Waals surface area contributed by atoms with Crippen LogP contribution in [-0.2, 0) is 13.0 Å². The topological polar surface area (TPSA) is 45.2 Å². The lowest BCUT2D eigenvalue weighted by molar-refractivity contribution is 0.0750. The Morgan fingerprint density at radius 2 is 2.24 bits per heavy atom. The van der Waals surface area contributed by atoms with E-state index in [0.29, 0.717) is 13.1 Å². The van der Waals surface area contributed by atoms with Crippen molar-refractivity contribution in [3.63, 3.8) is 0 Å². The Hall–Kier alpha value is -2.36. The Kier molecular flexibility index (Phi) is 3.86. The minimum Gasteiger partial charge on any atom is -0.384 e. The lowest BCUT2D eigenvalue weighted by Gasteiger charge is -2.21. The molecule has 2 aromatic rings. The van der Waals surface area contributed by atoms with Gasteiger partial charge in [-0.3, -0.25) is 9.78 Å². The number of nitrogens with one attached hydrogen (secondary N) is 1. The highest BCUT2D eigenvalue weighted by Gasteiger charge is 2.18. The normalized spacial score (nSPS) is 12.6. The van der Waals surface area contributed by atoms with Crippen LogP contribution in [0.2, 0.25) is 0 Å². The van der Waals surface area contributed by atoms with Crippen LogP contribution in [0.5, 0.6) is 0 Å². The van der Waals surface area contributed by atoms with E-state index in [1.54, 1.807) is 6.20 Å². The Bertz CT molecular complexity index is 640. The SMILES string of the molecule is CCN(Cc1ccccn1)C(=O)c1ccc2c(c1)CCN2. The first-order valence-electron chi connectivity index (χ1n) is 7.34. The lowest BCUT2D eigenvalue weighted by Crippen LogP contribution is -2.30. The molecule has 1 aliphatic heterocycles. The van der Waals surface area contributed by atoms with E-state index in [1.807, 2.05) is 48.2 Å². The summed E-state index contributed by atoms with van der Waals surface area (Å²) in [7, 11) is 0. The van der Waals surface area contributed by atoms with E-state index in [9.17, 15) is 4.79 Å². The zero-order chi connectivity index (χ0) is 14.7. The number of anilines is 1. The second kappa shape index (κ2) is 5.95. The molecule has 0 spiro atoms. The average Bonchev–Trinajstić information content (AvgIpc) is 3.00. The van der Waals surface area contributed by atoms with Crippen molar-refractivity contribution < 1.29 is 4.79 Å². The van der Waals surface area contributed by atoms with Crippen molar-refractivity contribution in [2.75, 3.05) is 18.4 Å². The molecule has 0 atom stereocenters. The third kappa shape index (κ3) is 2.89. The third-order valence-electron chi connectivity index (χ3n) is 3.81. The maximum Gasteiger partial charge on any atom is 0.254 e. The maximum atomic E-state index is 12.7. The molecular formula is C17H19N3O. The van der Waals surface area contributed by atoms with Crippen LogP contribution in [0.4, 0.5) is 5.69 Å². The Balaban J connectivity index is 1.79. The second-order valence-electron chi connectivity index (χ2n) is 5.19. The number of carbonyl (C=O) groups is 1. The number of aromatic nitrogens is 1. The summed E-state index contributed by atoms with van der Waals surface area (Å²) >= 11 is 0. The zero-order valence-electron chi connectivity index (χ0n) is 12.2. The number of hydrogen-bond donors (Lipinski definition) is 1. The van der Waals surface area contributed by atoms with Crippen molar-refractivity contribution in [1.82, 2.24) is 9.88 Å². The van der Waals surface area contributed by atoms with Gasteiger partial charge in [0.15, 0.2) is 0 Å². The molecule has 1 amide bonds. The van der Waals surface area contributed by atoms with Crippen LogP contribution in [0.15, 0.2) is 42.6 Å². The number of rotatable bonds is 4. The average molecular weight is 281 g/mol. The Labute approximate surface area is 124 Å². The van der Waals surface area contributed by atoms with E-state index in [2.05, 4.69) is 10.3 Å². The number of pyridine rings is 1. The van der Waals surface area contributed by atoms with Gasteiger partial charge in [-0.1, -0.05) is 6.07 Å². The molecule has 4 nitrogen and oxygen atoms in total. The van der Waals surface area contributed by atoms with Gasteiger partial charge in [-0.25, -0.2) is 0 Å². The number of benzene rings is 1. The molecule has 0 fully saturated rings. The molecule has 1 N–H and O–H groups in total. The van der Waals surface area contributed by atoms with Crippen LogP contribution in [0.3, 0.4) is 0 Å². The monoisotopic (exact) mass is 281 g/mol. The van der Waals surface area contributed by atoms with E-state index in [-0.39, 0.29) is 5.91 Å². The van der Waals surface area contributed by atoms with Crippen molar-refractivity contribution in [1.29, 1.82) is 0 Å². The Morgan fingerprint density at radius 1 is 1.33 bits per heavy atom. The van der Waals surface area contributed by atoms with Crippen LogP contribution in [0, 0.1) is 0 Å². The second-order valence-corrected chi connectivity index (χ2v) is 5.19. The highest BCUT2D eigenvalue weighted by atomic mass is 16.2. The van der Waals surface area contributed by atoms with Crippen molar-refractivity contribution in [3.8, 4) is 0 Å². The minimum atomic E-state index is 0.0675. The summed E-state index contributed by atoms with van der Waals surface area (Å²) in [4.78, 5) is 18.8. The summed E-state index contributed by atoms with van der Waals surface area (Å²) in [6.07, 6.45) is 2.75. The van der Waals surface area contributed by atoms with Crippen LogP contribution >= 0.6 is 0 Å². The molecule has 0 saturated heterocycles. The van der Waals surface area contributed by atoms with Crippen LogP contribution in [-0.4, -0.2) is 28.9 Å². The van der Waals surface area contributed by atoms with Crippen molar-refractivity contribution in [2.45, 2.75) is 19.9 Å². The summed E-state index contributed by atoms with van der Waals surface area (Å²) in [6.45, 7) is 4.17. The predicted octanol–water partition coefficient (Wildman–Crippen LogP) is 2.71. The van der Waals surface area contributed by atoms with Gasteiger partial charge in [0.1, 0.15) is 0 Å². The molecule has 1 aromatic carbocycles. The van der Waals surface area contributed by atoms with Gasteiger partial charge in [-0.2, -0.15) is 0 Å². The smallest absolute Gasteiger partial charge is 0.254 e. The highest BCUT2D eigenvalue weighted by molar-refractivity contribution is 5.95. The summed E-state index contributed by atoms with van der Waals surface area (Å²) in [6, 6.07) is 11.7. The Morgan fingerprint density at radius 3 is 3.00 bits per heavy atom. The van der Waals surface area contributed by atoms with E-state index < -0.39 is 0 Å². The molecular weight excluding hydrogens is 262 g/mol. The van der Waals surface area contributed by atoms with E-state index in [4.69, 9.17) is 0 Å². The molecule has 1 aliphatic rings. The number of amides is 1. The van der Waals surface area contributed by atoms with Gasteiger partial charge in [0, 0.05) is 30.5 Å². The molecule has 0 radical (unpaired) electrons. The summed E-state index contributed by atoms with van der Waals surface area (Å²) in [5.74, 6) is 0.0675. The number of nitrogens with zero attached hydrogens (tertiary/aromatic N) is 2. The van der Waals surface area contributed by atoms with Gasteiger partial charge in [0.05, 0.1) is 12.2 Å². The molecule has 0 aliphatic carbocycles. The van der Waals surface area contributed by atoms with Gasteiger partial charge in [0.25, 0.3) is 5.91 Å². The fraction of sp³-hybridized carbons (Fsp3) is 0.294. The van der Waals surface area contributed by atoms with Crippen molar-refractivity contribution >= 4 is 11.6 Å². The van der Waals surface area contributed by atoms with E-state index in [0.717, 1.165) is 29.9 Å². The summed E-state index contributed by atoms with van der Waals surface area (Å²) in [5.41, 5.74) is 4.06. The fourth-order valence-corrected chi connectivity index (χ4v) is 2.63. The summed E-state index contributed by atoms with van der Waals surface area (Å²) < 4.78 is 0. The molecule has 21 heavy (non-hydrogen) atoms. The van der Waals surface area contributed by atoms with Gasteiger partial charge in [0.2, 0.25) is 0 Å². The van der Waals surface area contributed by atoms with Gasteiger partial charge in [-0.15, -0.1) is 0 Å². The van der Waals surface area contributed by atoms with Gasteiger partial charge in [-0.05, 0) is 49.2 Å².